The van der Waals surface area contributed by atoms with E-state index in [0.29, 0.717) is 35.4 Å². The number of halogens is 8. The molecule has 1 nitrogen and oxygen atoms in total. The third-order valence-corrected chi connectivity index (χ3v) is 10.7. The molecule has 0 saturated carbocycles. The van der Waals surface area contributed by atoms with Crippen LogP contribution in [0.5, 0.6) is 0 Å². The maximum absolute atomic E-state index is 16.3. The summed E-state index contributed by atoms with van der Waals surface area (Å²) in [4.78, 5) is 0. The molecule has 0 aromatic heterocycles. The number of ether oxygens (including phenoxy) is 1. The zero-order valence-electron chi connectivity index (χ0n) is 19.5. The first-order chi connectivity index (χ1) is 18.4. The van der Waals surface area contributed by atoms with Gasteiger partial charge in [0.1, 0.15) is 11.2 Å². The Kier molecular flexibility index (Phi) is 2.99. The third-order valence-electron chi connectivity index (χ3n) is 10.7. The van der Waals surface area contributed by atoms with Crippen LogP contribution in [0, 0.1) is 0 Å². The van der Waals surface area contributed by atoms with Gasteiger partial charge in [-0.15, -0.1) is 0 Å². The fourth-order valence-corrected chi connectivity index (χ4v) is 9.50. The molecule has 9 aliphatic rings. The zero-order valence-corrected chi connectivity index (χ0v) is 19.5. The van der Waals surface area contributed by atoms with Crippen molar-refractivity contribution >= 4 is 0 Å². The van der Waals surface area contributed by atoms with Crippen LogP contribution in [0.3, 0.4) is 0 Å². The zero-order chi connectivity index (χ0) is 26.9. The van der Waals surface area contributed by atoms with Gasteiger partial charge < -0.3 is 4.74 Å². The van der Waals surface area contributed by atoms with Crippen LogP contribution in [-0.2, 0) is 28.4 Å². The minimum absolute atomic E-state index is 0.416. The average molecular weight is 542 g/mol. The molecule has 196 valence electrons. The standard InChI is InChI=1S/C30H14F8O/c31-27(32)15-7-8-16-20-14-6-5-13(19(15)20)25-23-11-3-1-2-4-12(11)24(26(14,25)39-25)22-18(30(37,38)28(16,33)34)10-9-17(21(22)23)29(27,35)36/h1-10,13-14,23-24H. The minimum atomic E-state index is -4.82. The summed E-state index contributed by atoms with van der Waals surface area (Å²) in [5.74, 6) is -23.7. The van der Waals surface area contributed by atoms with Crippen molar-refractivity contribution in [3.63, 3.8) is 0 Å². The van der Waals surface area contributed by atoms with E-state index >= 15 is 35.1 Å². The highest BCUT2D eigenvalue weighted by Gasteiger charge is 2.91. The molecule has 3 aromatic carbocycles. The van der Waals surface area contributed by atoms with Crippen molar-refractivity contribution in [2.75, 3.05) is 0 Å². The smallest absolute Gasteiger partial charge is 0.340 e. The van der Waals surface area contributed by atoms with Crippen molar-refractivity contribution in [2.45, 2.75) is 58.6 Å². The van der Waals surface area contributed by atoms with Gasteiger partial charge >= 0.3 is 23.7 Å². The maximum atomic E-state index is 16.3. The minimum Gasteiger partial charge on any atom is -0.358 e. The summed E-state index contributed by atoms with van der Waals surface area (Å²) in [5.41, 5.74) is -7.75. The van der Waals surface area contributed by atoms with Crippen LogP contribution >= 0.6 is 0 Å². The highest BCUT2D eigenvalue weighted by atomic mass is 19.3. The van der Waals surface area contributed by atoms with Crippen molar-refractivity contribution < 1.29 is 39.9 Å². The SMILES string of the molecule is FC1(F)c2ccc3c4c2C2C=CC4C45OC24C2c4ccccc4C5c4c(ccc(c42)C1(F)F)C(F)(F)C3(F)F. The Morgan fingerprint density at radius 2 is 0.795 bits per heavy atom. The molecule has 10 bridgehead atoms. The van der Waals surface area contributed by atoms with Crippen molar-refractivity contribution in [1.29, 1.82) is 0 Å². The molecule has 1 aliphatic heterocycles. The number of alkyl halides is 8. The molecule has 0 radical (unpaired) electrons. The van der Waals surface area contributed by atoms with Crippen LogP contribution in [0.4, 0.5) is 35.1 Å². The molecule has 39 heavy (non-hydrogen) atoms. The predicted octanol–water partition coefficient (Wildman–Crippen LogP) is 7.63. The quantitative estimate of drug-likeness (QED) is 0.162. The first-order valence-electron chi connectivity index (χ1n) is 12.7. The third kappa shape index (κ3) is 1.67. The number of rotatable bonds is 0. The Balaban J connectivity index is 1.55. The highest BCUT2D eigenvalue weighted by molar-refractivity contribution is 5.78. The number of hydrogen-bond acceptors (Lipinski definition) is 1. The van der Waals surface area contributed by atoms with Crippen LogP contribution in [0.25, 0.3) is 0 Å². The van der Waals surface area contributed by atoms with Crippen LogP contribution in [0.15, 0.2) is 60.7 Å². The first kappa shape index (κ1) is 21.6. The number of epoxide rings is 1. The fraction of sp³-hybridized carbons (Fsp3) is 0.333. The maximum Gasteiger partial charge on any atom is 0.340 e. The second-order valence-electron chi connectivity index (χ2n) is 11.8. The molecule has 12 rings (SSSR count). The van der Waals surface area contributed by atoms with Gasteiger partial charge in [-0.2, -0.15) is 35.1 Å². The summed E-state index contributed by atoms with van der Waals surface area (Å²) in [7, 11) is 0. The van der Waals surface area contributed by atoms with E-state index in [9.17, 15) is 0 Å². The molecule has 6 unspecified atom stereocenters. The van der Waals surface area contributed by atoms with Gasteiger partial charge in [-0.1, -0.05) is 60.7 Å². The largest absolute Gasteiger partial charge is 0.358 e. The Morgan fingerprint density at radius 3 is 1.15 bits per heavy atom. The lowest BCUT2D eigenvalue weighted by Gasteiger charge is -2.55. The van der Waals surface area contributed by atoms with Crippen molar-refractivity contribution in [3.05, 3.63) is 116 Å². The molecule has 0 amide bonds. The lowest BCUT2D eigenvalue weighted by molar-refractivity contribution is -0.228. The Hall–Kier alpha value is -3.20. The molecule has 8 aliphatic carbocycles. The van der Waals surface area contributed by atoms with Gasteiger partial charge in [0.15, 0.2) is 0 Å². The van der Waals surface area contributed by atoms with Gasteiger partial charge in [0.2, 0.25) is 0 Å². The van der Waals surface area contributed by atoms with E-state index in [1.54, 1.807) is 36.4 Å². The summed E-state index contributed by atoms with van der Waals surface area (Å²) in [6, 6.07) is 8.73. The van der Waals surface area contributed by atoms with Gasteiger partial charge in [0.05, 0.1) is 0 Å². The van der Waals surface area contributed by atoms with Crippen molar-refractivity contribution in [1.82, 2.24) is 0 Å². The van der Waals surface area contributed by atoms with Crippen LogP contribution in [-0.4, -0.2) is 11.2 Å². The fourth-order valence-electron chi connectivity index (χ4n) is 9.50. The number of benzene rings is 3. The molecular weight excluding hydrogens is 528 g/mol. The molecule has 1 saturated heterocycles. The van der Waals surface area contributed by atoms with Gasteiger partial charge in [-0.25, -0.2) is 0 Å². The van der Waals surface area contributed by atoms with Crippen LogP contribution < -0.4 is 0 Å². The molecule has 6 atom stereocenters. The molecule has 0 N–H and O–H groups in total. The summed E-state index contributed by atoms with van der Waals surface area (Å²) in [5, 5.41) is 0. The number of hydrogen-bond donors (Lipinski definition) is 0. The van der Waals surface area contributed by atoms with E-state index < -0.39 is 103 Å². The summed E-state index contributed by atoms with van der Waals surface area (Å²) >= 11 is 0. The second kappa shape index (κ2) is 5.40. The van der Waals surface area contributed by atoms with Crippen molar-refractivity contribution in [2.24, 2.45) is 0 Å². The van der Waals surface area contributed by atoms with E-state index in [1.165, 1.54) is 0 Å². The Morgan fingerprint density at radius 1 is 0.462 bits per heavy atom. The van der Waals surface area contributed by atoms with E-state index in [4.69, 9.17) is 4.74 Å². The first-order valence-corrected chi connectivity index (χ1v) is 12.7. The Labute approximate surface area is 215 Å². The molecule has 3 aromatic rings. The molecule has 2 spiro atoms. The van der Waals surface area contributed by atoms with Gasteiger partial charge in [0.25, 0.3) is 0 Å². The lowest BCUT2D eigenvalue weighted by Crippen LogP contribution is -2.56. The highest BCUT2D eigenvalue weighted by Crippen LogP contribution is 2.87. The van der Waals surface area contributed by atoms with Crippen molar-refractivity contribution in [3.8, 4) is 0 Å². The summed E-state index contributed by atoms with van der Waals surface area (Å²) < 4.78 is 137. The van der Waals surface area contributed by atoms with E-state index in [1.807, 2.05) is 0 Å². The predicted molar refractivity (Wildman–Crippen MR) is 120 cm³/mol. The second-order valence-corrected chi connectivity index (χ2v) is 11.8. The average Bonchev–Trinajstić information content (AvgIpc) is 3.65. The molecule has 1 heterocycles. The topological polar surface area (TPSA) is 12.5 Å². The molecule has 9 heteroatoms. The Bertz CT molecular complexity index is 1680. The lowest BCUT2D eigenvalue weighted by atomic mass is 9.43. The summed E-state index contributed by atoms with van der Waals surface area (Å²) in [6.45, 7) is 0. The summed E-state index contributed by atoms with van der Waals surface area (Å²) in [6.07, 6.45) is 3.15. The van der Waals surface area contributed by atoms with Gasteiger partial charge in [-0.05, 0) is 33.4 Å². The molecular formula is C30H14F8O. The van der Waals surface area contributed by atoms with E-state index in [2.05, 4.69) is 0 Å². The van der Waals surface area contributed by atoms with Crippen LogP contribution in [0.1, 0.15) is 79.3 Å². The van der Waals surface area contributed by atoms with E-state index in [-0.39, 0.29) is 0 Å². The van der Waals surface area contributed by atoms with Gasteiger partial charge in [-0.3, -0.25) is 0 Å². The van der Waals surface area contributed by atoms with Gasteiger partial charge in [0, 0.05) is 45.9 Å². The molecule has 1 fully saturated rings. The normalized spacial score (nSPS) is 39.1. The van der Waals surface area contributed by atoms with Crippen LogP contribution in [0.2, 0.25) is 0 Å². The monoisotopic (exact) mass is 542 g/mol. The van der Waals surface area contributed by atoms with E-state index in [0.717, 1.165) is 0 Å².